The van der Waals surface area contributed by atoms with Crippen LogP contribution in [0.4, 0.5) is 4.79 Å². The molecule has 2 amide bonds. The lowest BCUT2D eigenvalue weighted by Crippen LogP contribution is -2.48. The van der Waals surface area contributed by atoms with Crippen molar-refractivity contribution in [2.24, 2.45) is 0 Å². The molecule has 2 aromatic carbocycles. The second-order valence-corrected chi connectivity index (χ2v) is 7.47. The van der Waals surface area contributed by atoms with Gasteiger partial charge in [0.05, 0.1) is 6.54 Å². The Balaban J connectivity index is 1.44. The van der Waals surface area contributed by atoms with Gasteiger partial charge in [-0.2, -0.15) is 0 Å². The number of hydrogen-bond acceptors (Lipinski definition) is 3. The van der Waals surface area contributed by atoms with Crippen molar-refractivity contribution in [3.8, 4) is 5.75 Å². The number of para-hydroxylation sites is 1. The topological polar surface area (TPSA) is 55.8 Å². The van der Waals surface area contributed by atoms with Crippen molar-refractivity contribution in [1.82, 2.24) is 15.1 Å². The number of benzene rings is 2. The third kappa shape index (κ3) is 5.47. The summed E-state index contributed by atoms with van der Waals surface area (Å²) >= 11 is 0. The quantitative estimate of drug-likeness (QED) is 0.850. The van der Waals surface area contributed by atoms with Gasteiger partial charge in [-0.3, -0.25) is 4.90 Å². The summed E-state index contributed by atoms with van der Waals surface area (Å²) in [5.41, 5.74) is 3.39. The lowest BCUT2D eigenvalue weighted by Gasteiger charge is -2.33. The van der Waals surface area contributed by atoms with Crippen molar-refractivity contribution >= 4 is 6.03 Å². The van der Waals surface area contributed by atoms with Gasteiger partial charge in [0, 0.05) is 38.3 Å². The lowest BCUT2D eigenvalue weighted by atomic mass is 10.0. The van der Waals surface area contributed by atoms with Gasteiger partial charge in [-0.1, -0.05) is 48.0 Å². The van der Waals surface area contributed by atoms with Crippen LogP contribution < -0.4 is 5.32 Å². The van der Waals surface area contributed by atoms with Crippen LogP contribution in [0.25, 0.3) is 0 Å². The molecular formula is C22H29N3O2. The summed E-state index contributed by atoms with van der Waals surface area (Å²) in [6.07, 6.45) is 1.92. The molecule has 5 nitrogen and oxygen atoms in total. The minimum Gasteiger partial charge on any atom is -0.508 e. The number of amides is 2. The third-order valence-corrected chi connectivity index (χ3v) is 5.15. The Kier molecular flexibility index (Phi) is 6.35. The molecule has 144 valence electrons. The van der Waals surface area contributed by atoms with Crippen LogP contribution in [0.3, 0.4) is 0 Å². The monoisotopic (exact) mass is 367 g/mol. The van der Waals surface area contributed by atoms with E-state index >= 15 is 0 Å². The number of carbonyl (C=O) groups excluding carboxylic acids is 1. The molecule has 1 aliphatic rings. The number of phenols is 1. The fourth-order valence-electron chi connectivity index (χ4n) is 3.56. The van der Waals surface area contributed by atoms with Gasteiger partial charge in [-0.25, -0.2) is 4.79 Å². The average molecular weight is 367 g/mol. The average Bonchev–Trinajstić information content (AvgIpc) is 2.65. The van der Waals surface area contributed by atoms with Gasteiger partial charge in [-0.15, -0.1) is 0 Å². The van der Waals surface area contributed by atoms with Crippen LogP contribution in [0.2, 0.25) is 0 Å². The Bertz CT molecular complexity index is 770. The molecule has 0 unspecified atom stereocenters. The molecule has 0 aliphatic carbocycles. The van der Waals surface area contributed by atoms with E-state index in [2.05, 4.69) is 41.4 Å². The second kappa shape index (κ2) is 8.91. The number of carbonyl (C=O) groups is 1. The van der Waals surface area contributed by atoms with Crippen LogP contribution in [0.1, 0.15) is 29.5 Å². The maximum Gasteiger partial charge on any atom is 0.317 e. The maximum absolute atomic E-state index is 12.5. The van der Waals surface area contributed by atoms with Crippen LogP contribution in [-0.4, -0.2) is 47.1 Å². The van der Waals surface area contributed by atoms with Crippen molar-refractivity contribution in [2.45, 2.75) is 38.9 Å². The van der Waals surface area contributed by atoms with E-state index in [1.165, 1.54) is 11.1 Å². The molecule has 3 rings (SSSR count). The normalized spacial score (nSPS) is 15.5. The maximum atomic E-state index is 12.5. The van der Waals surface area contributed by atoms with Crippen molar-refractivity contribution in [3.63, 3.8) is 0 Å². The van der Waals surface area contributed by atoms with Crippen LogP contribution in [0, 0.1) is 6.92 Å². The molecule has 0 aromatic heterocycles. The smallest absolute Gasteiger partial charge is 0.317 e. The highest BCUT2D eigenvalue weighted by molar-refractivity contribution is 5.74. The van der Waals surface area contributed by atoms with Gasteiger partial charge in [0.25, 0.3) is 0 Å². The summed E-state index contributed by atoms with van der Waals surface area (Å²) in [5, 5.41) is 13.0. The van der Waals surface area contributed by atoms with Crippen LogP contribution in [-0.2, 0) is 13.1 Å². The van der Waals surface area contributed by atoms with Gasteiger partial charge < -0.3 is 15.3 Å². The summed E-state index contributed by atoms with van der Waals surface area (Å²) < 4.78 is 0. The molecule has 0 bridgehead atoms. The highest BCUT2D eigenvalue weighted by atomic mass is 16.3. The van der Waals surface area contributed by atoms with Gasteiger partial charge in [0.2, 0.25) is 0 Å². The van der Waals surface area contributed by atoms with E-state index in [1.807, 2.05) is 12.1 Å². The standard InChI is InChI=1S/C22H29N3O2/c1-17-6-5-7-18(14-17)15-25-12-10-20(11-13-25)23-22(27)24(2)16-19-8-3-4-9-21(19)26/h3-9,14,20,26H,10-13,15-16H2,1-2H3,(H,23,27). The van der Waals surface area contributed by atoms with E-state index in [-0.39, 0.29) is 17.8 Å². The Morgan fingerprint density at radius 3 is 2.63 bits per heavy atom. The largest absolute Gasteiger partial charge is 0.508 e. The second-order valence-electron chi connectivity index (χ2n) is 7.47. The third-order valence-electron chi connectivity index (χ3n) is 5.15. The number of rotatable bonds is 5. The van der Waals surface area contributed by atoms with Gasteiger partial charge in [-0.05, 0) is 31.4 Å². The number of phenolic OH excluding ortho intramolecular Hbond substituents is 1. The molecule has 0 radical (unpaired) electrons. The van der Waals surface area contributed by atoms with E-state index < -0.39 is 0 Å². The molecule has 1 aliphatic heterocycles. The first-order chi connectivity index (χ1) is 13.0. The van der Waals surface area contributed by atoms with E-state index in [1.54, 1.807) is 24.1 Å². The number of nitrogens with zero attached hydrogens (tertiary/aromatic N) is 2. The SMILES string of the molecule is Cc1cccc(CN2CCC(NC(=O)N(C)Cc3ccccc3O)CC2)c1. The van der Waals surface area contributed by atoms with Gasteiger partial charge in [0.1, 0.15) is 5.75 Å². The Morgan fingerprint density at radius 2 is 1.93 bits per heavy atom. The fraction of sp³-hybridized carbons (Fsp3) is 0.409. The van der Waals surface area contributed by atoms with Crippen molar-refractivity contribution < 1.29 is 9.90 Å². The predicted octanol–water partition coefficient (Wildman–Crippen LogP) is 3.51. The minimum absolute atomic E-state index is 0.0876. The van der Waals surface area contributed by atoms with Crippen LogP contribution in [0.5, 0.6) is 5.75 Å². The molecule has 1 heterocycles. The fourth-order valence-corrected chi connectivity index (χ4v) is 3.56. The zero-order valence-corrected chi connectivity index (χ0v) is 16.2. The molecule has 27 heavy (non-hydrogen) atoms. The Morgan fingerprint density at radius 1 is 1.19 bits per heavy atom. The summed E-state index contributed by atoms with van der Waals surface area (Å²) in [4.78, 5) is 16.5. The Hall–Kier alpha value is -2.53. The first-order valence-electron chi connectivity index (χ1n) is 9.57. The van der Waals surface area contributed by atoms with Crippen LogP contribution >= 0.6 is 0 Å². The van der Waals surface area contributed by atoms with E-state index in [0.717, 1.165) is 38.0 Å². The van der Waals surface area contributed by atoms with E-state index in [4.69, 9.17) is 0 Å². The first-order valence-corrected chi connectivity index (χ1v) is 9.57. The summed E-state index contributed by atoms with van der Waals surface area (Å²) in [6.45, 7) is 5.46. The lowest BCUT2D eigenvalue weighted by molar-refractivity contribution is 0.173. The van der Waals surface area contributed by atoms with Crippen molar-refractivity contribution in [3.05, 3.63) is 65.2 Å². The minimum atomic E-state index is -0.0876. The number of hydrogen-bond donors (Lipinski definition) is 2. The molecule has 0 atom stereocenters. The summed E-state index contributed by atoms with van der Waals surface area (Å²) in [5.74, 6) is 0.224. The highest BCUT2D eigenvalue weighted by Gasteiger charge is 2.22. The molecule has 1 fully saturated rings. The molecular weight excluding hydrogens is 338 g/mol. The zero-order chi connectivity index (χ0) is 19.2. The molecule has 2 aromatic rings. The predicted molar refractivity (Wildman–Crippen MR) is 108 cm³/mol. The number of aromatic hydroxyl groups is 1. The number of nitrogens with one attached hydrogen (secondary N) is 1. The zero-order valence-electron chi connectivity index (χ0n) is 16.2. The van der Waals surface area contributed by atoms with Gasteiger partial charge >= 0.3 is 6.03 Å². The van der Waals surface area contributed by atoms with Gasteiger partial charge in [0.15, 0.2) is 0 Å². The van der Waals surface area contributed by atoms with E-state index in [0.29, 0.717) is 6.54 Å². The van der Waals surface area contributed by atoms with Crippen molar-refractivity contribution in [2.75, 3.05) is 20.1 Å². The summed E-state index contributed by atoms with van der Waals surface area (Å²) in [7, 11) is 1.76. The number of aryl methyl sites for hydroxylation is 1. The molecule has 0 spiro atoms. The molecule has 1 saturated heterocycles. The van der Waals surface area contributed by atoms with Crippen molar-refractivity contribution in [1.29, 1.82) is 0 Å². The first kappa shape index (κ1) is 19.2. The number of piperidine rings is 1. The number of likely N-dealkylation sites (tertiary alicyclic amines) is 1. The molecule has 0 saturated carbocycles. The molecule has 5 heteroatoms. The Labute approximate surface area is 161 Å². The summed E-state index contributed by atoms with van der Waals surface area (Å²) in [6, 6.07) is 15.9. The van der Waals surface area contributed by atoms with Crippen LogP contribution in [0.15, 0.2) is 48.5 Å². The van der Waals surface area contributed by atoms with E-state index in [9.17, 15) is 9.90 Å². The molecule has 2 N–H and O–H groups in total. The highest BCUT2D eigenvalue weighted by Crippen LogP contribution is 2.18. The number of urea groups is 1.